The van der Waals surface area contributed by atoms with Crippen LogP contribution in [-0.4, -0.2) is 20.3 Å². The van der Waals surface area contributed by atoms with Gasteiger partial charge in [-0.25, -0.2) is 0 Å². The Morgan fingerprint density at radius 1 is 1.21 bits per heavy atom. The molecule has 1 saturated carbocycles. The Morgan fingerprint density at radius 3 is 2.29 bits per heavy atom. The summed E-state index contributed by atoms with van der Waals surface area (Å²) in [5.74, 6) is -0.0799. The smallest absolute Gasteiger partial charge is 0.267 e. The zero-order valence-electron chi connectivity index (χ0n) is 8.44. The SMILES string of the molecule is C=CCS(=O)(=O)OC1CCCCCC1. The van der Waals surface area contributed by atoms with Crippen LogP contribution in [0.15, 0.2) is 12.7 Å². The Labute approximate surface area is 86.3 Å². The van der Waals surface area contributed by atoms with E-state index in [1.807, 2.05) is 0 Å². The van der Waals surface area contributed by atoms with Gasteiger partial charge in [0.2, 0.25) is 0 Å². The van der Waals surface area contributed by atoms with Crippen LogP contribution >= 0.6 is 0 Å². The molecule has 0 unspecified atom stereocenters. The average molecular weight is 218 g/mol. The van der Waals surface area contributed by atoms with Gasteiger partial charge in [-0.3, -0.25) is 4.18 Å². The molecule has 0 atom stereocenters. The van der Waals surface area contributed by atoms with Gasteiger partial charge >= 0.3 is 0 Å². The van der Waals surface area contributed by atoms with Gasteiger partial charge < -0.3 is 0 Å². The molecule has 0 aromatic carbocycles. The van der Waals surface area contributed by atoms with E-state index in [1.165, 1.54) is 18.9 Å². The number of hydrogen-bond acceptors (Lipinski definition) is 3. The van der Waals surface area contributed by atoms with Gasteiger partial charge in [0.1, 0.15) is 0 Å². The molecule has 4 heteroatoms. The average Bonchev–Trinajstić information content (AvgIpc) is 2.31. The lowest BCUT2D eigenvalue weighted by molar-refractivity contribution is 0.192. The van der Waals surface area contributed by atoms with E-state index in [0.29, 0.717) is 0 Å². The fourth-order valence-electron chi connectivity index (χ4n) is 1.73. The molecular weight excluding hydrogens is 200 g/mol. The van der Waals surface area contributed by atoms with Gasteiger partial charge in [0, 0.05) is 0 Å². The quantitative estimate of drug-likeness (QED) is 0.413. The van der Waals surface area contributed by atoms with Gasteiger partial charge in [-0.2, -0.15) is 8.42 Å². The highest BCUT2D eigenvalue weighted by Crippen LogP contribution is 2.21. The summed E-state index contributed by atoms with van der Waals surface area (Å²) in [5, 5.41) is 0. The first-order valence-electron chi connectivity index (χ1n) is 5.16. The van der Waals surface area contributed by atoms with Crippen molar-refractivity contribution < 1.29 is 12.6 Å². The number of hydrogen-bond donors (Lipinski definition) is 0. The topological polar surface area (TPSA) is 43.4 Å². The van der Waals surface area contributed by atoms with Gasteiger partial charge in [-0.15, -0.1) is 6.58 Å². The Bertz CT molecular complexity index is 261. The van der Waals surface area contributed by atoms with Crippen molar-refractivity contribution in [3.05, 3.63) is 12.7 Å². The van der Waals surface area contributed by atoms with Crippen LogP contribution in [0.1, 0.15) is 38.5 Å². The summed E-state index contributed by atoms with van der Waals surface area (Å²) in [5.41, 5.74) is 0. The minimum Gasteiger partial charge on any atom is -0.267 e. The van der Waals surface area contributed by atoms with Gasteiger partial charge in [-0.05, 0) is 12.8 Å². The molecule has 82 valence electrons. The van der Waals surface area contributed by atoms with E-state index in [2.05, 4.69) is 6.58 Å². The molecule has 0 radical (unpaired) electrons. The van der Waals surface area contributed by atoms with Gasteiger partial charge in [0.05, 0.1) is 11.9 Å². The van der Waals surface area contributed by atoms with Crippen molar-refractivity contribution in [2.45, 2.75) is 44.6 Å². The molecule has 0 saturated heterocycles. The van der Waals surface area contributed by atoms with Crippen LogP contribution in [0.5, 0.6) is 0 Å². The molecule has 1 aliphatic rings. The summed E-state index contributed by atoms with van der Waals surface area (Å²) in [7, 11) is -3.37. The van der Waals surface area contributed by atoms with Crippen molar-refractivity contribution in [2.75, 3.05) is 5.75 Å². The highest BCUT2D eigenvalue weighted by molar-refractivity contribution is 7.86. The van der Waals surface area contributed by atoms with E-state index >= 15 is 0 Å². The second-order valence-corrected chi connectivity index (χ2v) is 5.36. The van der Waals surface area contributed by atoms with Crippen molar-refractivity contribution in [3.63, 3.8) is 0 Å². The standard InChI is InChI=1S/C10H18O3S/c1-2-9-14(11,12)13-10-7-5-3-4-6-8-10/h2,10H,1,3-9H2. The largest absolute Gasteiger partial charge is 0.271 e. The number of rotatable bonds is 4. The van der Waals surface area contributed by atoms with E-state index in [-0.39, 0.29) is 11.9 Å². The first kappa shape index (κ1) is 11.7. The molecule has 0 bridgehead atoms. The van der Waals surface area contributed by atoms with Gasteiger partial charge in [0.15, 0.2) is 0 Å². The Balaban J connectivity index is 2.45. The lowest BCUT2D eigenvalue weighted by Crippen LogP contribution is -2.19. The molecule has 0 aromatic rings. The summed E-state index contributed by atoms with van der Waals surface area (Å²) >= 11 is 0. The second-order valence-electron chi connectivity index (χ2n) is 3.72. The Morgan fingerprint density at radius 2 is 1.79 bits per heavy atom. The normalized spacial score (nSPS) is 20.3. The Hall–Kier alpha value is -0.350. The van der Waals surface area contributed by atoms with Crippen molar-refractivity contribution in [3.8, 4) is 0 Å². The first-order valence-corrected chi connectivity index (χ1v) is 6.73. The molecule has 1 aliphatic carbocycles. The van der Waals surface area contributed by atoms with Crippen molar-refractivity contribution in [2.24, 2.45) is 0 Å². The summed E-state index contributed by atoms with van der Waals surface area (Å²) in [6.45, 7) is 3.40. The predicted molar refractivity (Wildman–Crippen MR) is 56.6 cm³/mol. The summed E-state index contributed by atoms with van der Waals surface area (Å²) in [6, 6.07) is 0. The summed E-state index contributed by atoms with van der Waals surface area (Å²) in [4.78, 5) is 0. The van der Waals surface area contributed by atoms with Gasteiger partial charge in [0.25, 0.3) is 10.1 Å². The molecule has 0 aromatic heterocycles. The van der Waals surface area contributed by atoms with E-state index in [4.69, 9.17) is 4.18 Å². The summed E-state index contributed by atoms with van der Waals surface area (Å²) in [6.07, 6.45) is 7.56. The predicted octanol–water partition coefficient (Wildman–Crippen LogP) is 2.24. The molecule has 3 nitrogen and oxygen atoms in total. The fourth-order valence-corrected chi connectivity index (χ4v) is 2.70. The van der Waals surface area contributed by atoms with Crippen molar-refractivity contribution >= 4 is 10.1 Å². The molecule has 0 aliphatic heterocycles. The van der Waals surface area contributed by atoms with Crippen LogP contribution in [0, 0.1) is 0 Å². The Kier molecular flexibility index (Phi) is 4.62. The lowest BCUT2D eigenvalue weighted by Gasteiger charge is -2.13. The molecule has 0 N–H and O–H groups in total. The van der Waals surface area contributed by atoms with Gasteiger partial charge in [-0.1, -0.05) is 31.8 Å². The summed E-state index contributed by atoms with van der Waals surface area (Å²) < 4.78 is 27.7. The first-order chi connectivity index (χ1) is 6.64. The van der Waals surface area contributed by atoms with Crippen LogP contribution in [0.25, 0.3) is 0 Å². The zero-order chi connectivity index (χ0) is 10.4. The van der Waals surface area contributed by atoms with Crippen LogP contribution in [0.3, 0.4) is 0 Å². The maximum absolute atomic E-state index is 11.3. The third-order valence-corrected chi connectivity index (χ3v) is 3.62. The third-order valence-electron chi connectivity index (χ3n) is 2.41. The van der Waals surface area contributed by atoms with Crippen molar-refractivity contribution in [1.82, 2.24) is 0 Å². The van der Waals surface area contributed by atoms with E-state index in [1.54, 1.807) is 0 Å². The lowest BCUT2D eigenvalue weighted by atomic mass is 10.2. The van der Waals surface area contributed by atoms with Crippen molar-refractivity contribution in [1.29, 1.82) is 0 Å². The second kappa shape index (κ2) is 5.51. The molecule has 1 fully saturated rings. The minimum absolute atomic E-state index is 0.0799. The highest BCUT2D eigenvalue weighted by Gasteiger charge is 2.19. The highest BCUT2D eigenvalue weighted by atomic mass is 32.2. The minimum atomic E-state index is -3.37. The molecule has 14 heavy (non-hydrogen) atoms. The molecule has 0 spiro atoms. The van der Waals surface area contributed by atoms with E-state index in [0.717, 1.165) is 25.7 Å². The fraction of sp³-hybridized carbons (Fsp3) is 0.800. The van der Waals surface area contributed by atoms with Crippen LogP contribution < -0.4 is 0 Å². The van der Waals surface area contributed by atoms with Crippen LogP contribution in [0.4, 0.5) is 0 Å². The molecule has 0 heterocycles. The van der Waals surface area contributed by atoms with Crippen LogP contribution in [0.2, 0.25) is 0 Å². The third kappa shape index (κ3) is 4.24. The maximum Gasteiger partial charge on any atom is 0.271 e. The van der Waals surface area contributed by atoms with E-state index < -0.39 is 10.1 Å². The molecular formula is C10H18O3S. The monoisotopic (exact) mass is 218 g/mol. The maximum atomic E-state index is 11.3. The molecule has 0 amide bonds. The zero-order valence-corrected chi connectivity index (χ0v) is 9.26. The molecule has 1 rings (SSSR count). The van der Waals surface area contributed by atoms with Crippen LogP contribution in [-0.2, 0) is 14.3 Å². The van der Waals surface area contributed by atoms with E-state index in [9.17, 15) is 8.42 Å².